The molecular formula is C19H29N. The van der Waals surface area contributed by atoms with Crippen LogP contribution in [0.2, 0.25) is 0 Å². The van der Waals surface area contributed by atoms with Crippen LogP contribution in [-0.2, 0) is 6.54 Å². The number of hydrogen-bond donors (Lipinski definition) is 0. The summed E-state index contributed by atoms with van der Waals surface area (Å²) < 4.78 is 0. The molecule has 3 rings (SSSR count). The highest BCUT2D eigenvalue weighted by molar-refractivity contribution is 5.16. The van der Waals surface area contributed by atoms with Crippen molar-refractivity contribution in [3.63, 3.8) is 0 Å². The van der Waals surface area contributed by atoms with Crippen molar-refractivity contribution in [1.29, 1.82) is 0 Å². The van der Waals surface area contributed by atoms with Crippen molar-refractivity contribution in [2.45, 2.75) is 65.0 Å². The largest absolute Gasteiger partial charge is 0.293 e. The Morgan fingerprint density at radius 3 is 2.40 bits per heavy atom. The second-order valence-electron chi connectivity index (χ2n) is 8.04. The maximum absolute atomic E-state index is 2.80. The molecule has 1 nitrogen and oxygen atoms in total. The van der Waals surface area contributed by atoms with E-state index in [2.05, 4.69) is 56.0 Å². The lowest BCUT2D eigenvalue weighted by atomic mass is 9.62. The van der Waals surface area contributed by atoms with Gasteiger partial charge in [0.05, 0.1) is 0 Å². The van der Waals surface area contributed by atoms with Crippen LogP contribution in [0.25, 0.3) is 0 Å². The Morgan fingerprint density at radius 1 is 1.15 bits per heavy atom. The van der Waals surface area contributed by atoms with E-state index in [0.717, 1.165) is 12.5 Å². The summed E-state index contributed by atoms with van der Waals surface area (Å²) in [4.78, 5) is 2.80. The Hall–Kier alpha value is -0.820. The fourth-order valence-corrected chi connectivity index (χ4v) is 4.13. The number of hydrogen-bond acceptors (Lipinski definition) is 1. The number of piperidine rings is 1. The molecule has 20 heavy (non-hydrogen) atoms. The molecule has 1 aliphatic carbocycles. The molecule has 1 atom stereocenters. The Bertz CT molecular complexity index is 439. The molecule has 1 aliphatic heterocycles. The van der Waals surface area contributed by atoms with E-state index in [1.54, 1.807) is 0 Å². The Labute approximate surface area is 124 Å². The van der Waals surface area contributed by atoms with E-state index in [4.69, 9.17) is 0 Å². The van der Waals surface area contributed by atoms with Gasteiger partial charge in [-0.15, -0.1) is 0 Å². The Kier molecular flexibility index (Phi) is 3.66. The number of rotatable bonds is 2. The van der Waals surface area contributed by atoms with E-state index in [9.17, 15) is 0 Å². The zero-order valence-corrected chi connectivity index (χ0v) is 13.4. The number of likely N-dealkylation sites (tertiary alicyclic amines) is 1. The average molecular weight is 271 g/mol. The molecule has 0 bridgehead atoms. The van der Waals surface area contributed by atoms with E-state index in [-0.39, 0.29) is 0 Å². The molecule has 1 unspecified atom stereocenters. The first-order valence-corrected chi connectivity index (χ1v) is 8.29. The fraction of sp³-hybridized carbons (Fsp3) is 0.684. The molecule has 1 aromatic carbocycles. The third kappa shape index (κ3) is 2.65. The molecular weight excluding hydrogens is 242 g/mol. The second kappa shape index (κ2) is 5.18. The Balaban J connectivity index is 1.73. The van der Waals surface area contributed by atoms with Crippen LogP contribution in [0.1, 0.15) is 58.4 Å². The van der Waals surface area contributed by atoms with E-state index < -0.39 is 0 Å². The summed E-state index contributed by atoms with van der Waals surface area (Å²) in [7, 11) is 0. The van der Waals surface area contributed by atoms with Gasteiger partial charge in [-0.2, -0.15) is 0 Å². The van der Waals surface area contributed by atoms with Gasteiger partial charge < -0.3 is 0 Å². The minimum absolute atomic E-state index is 0.474. The van der Waals surface area contributed by atoms with Crippen molar-refractivity contribution >= 4 is 0 Å². The molecule has 1 heterocycles. The summed E-state index contributed by atoms with van der Waals surface area (Å²) in [6.45, 7) is 9.72. The molecule has 2 fully saturated rings. The van der Waals surface area contributed by atoms with Crippen LogP contribution in [0.3, 0.4) is 0 Å². The monoisotopic (exact) mass is 271 g/mol. The lowest BCUT2D eigenvalue weighted by Crippen LogP contribution is -2.58. The molecule has 0 N–H and O–H groups in total. The van der Waals surface area contributed by atoms with Gasteiger partial charge in [-0.3, -0.25) is 4.90 Å². The molecule has 1 saturated carbocycles. The lowest BCUT2D eigenvalue weighted by Gasteiger charge is -2.57. The predicted octanol–water partition coefficient (Wildman–Crippen LogP) is 4.87. The van der Waals surface area contributed by atoms with Crippen LogP contribution in [0.4, 0.5) is 0 Å². The summed E-state index contributed by atoms with van der Waals surface area (Å²) in [6, 6.07) is 11.0. The van der Waals surface area contributed by atoms with Crippen molar-refractivity contribution < 1.29 is 0 Å². The summed E-state index contributed by atoms with van der Waals surface area (Å²) in [5.41, 5.74) is 2.49. The maximum Gasteiger partial charge on any atom is 0.0239 e. The molecule has 1 saturated heterocycles. The van der Waals surface area contributed by atoms with E-state index in [1.807, 2.05) is 0 Å². The van der Waals surface area contributed by atoms with E-state index >= 15 is 0 Å². The third-order valence-electron chi connectivity index (χ3n) is 5.77. The SMILES string of the molecule is CC(C)(C)C1CCN(Cc2ccccc2)C2(CCC2)C1. The lowest BCUT2D eigenvalue weighted by molar-refractivity contribution is -0.0641. The zero-order valence-electron chi connectivity index (χ0n) is 13.4. The van der Waals surface area contributed by atoms with Crippen molar-refractivity contribution in [1.82, 2.24) is 4.90 Å². The van der Waals surface area contributed by atoms with Gasteiger partial charge in [0.1, 0.15) is 0 Å². The molecule has 0 aromatic heterocycles. The van der Waals surface area contributed by atoms with Crippen LogP contribution < -0.4 is 0 Å². The van der Waals surface area contributed by atoms with Crippen LogP contribution in [0, 0.1) is 11.3 Å². The van der Waals surface area contributed by atoms with Crippen LogP contribution in [0.5, 0.6) is 0 Å². The third-order valence-corrected chi connectivity index (χ3v) is 5.77. The first kappa shape index (κ1) is 14.1. The predicted molar refractivity (Wildman–Crippen MR) is 85.6 cm³/mol. The fourth-order valence-electron chi connectivity index (χ4n) is 4.13. The second-order valence-corrected chi connectivity index (χ2v) is 8.04. The van der Waals surface area contributed by atoms with Crippen LogP contribution in [0.15, 0.2) is 30.3 Å². The first-order chi connectivity index (χ1) is 9.50. The van der Waals surface area contributed by atoms with Crippen molar-refractivity contribution in [3.05, 3.63) is 35.9 Å². The van der Waals surface area contributed by atoms with Gasteiger partial charge in [0, 0.05) is 12.1 Å². The van der Waals surface area contributed by atoms with Crippen molar-refractivity contribution in [3.8, 4) is 0 Å². The standard InChI is InChI=1S/C19H29N/c1-18(2,3)17-10-13-20(19(14-17)11-7-12-19)15-16-8-5-4-6-9-16/h4-6,8-9,17H,7,10-15H2,1-3H3. The maximum atomic E-state index is 2.80. The van der Waals surface area contributed by atoms with Crippen LogP contribution in [-0.4, -0.2) is 17.0 Å². The minimum Gasteiger partial charge on any atom is -0.293 e. The van der Waals surface area contributed by atoms with E-state index in [0.29, 0.717) is 11.0 Å². The highest BCUT2D eigenvalue weighted by Gasteiger charge is 2.48. The van der Waals surface area contributed by atoms with Crippen LogP contribution >= 0.6 is 0 Å². The molecule has 0 amide bonds. The molecule has 1 aromatic rings. The summed E-state index contributed by atoms with van der Waals surface area (Å²) in [5, 5.41) is 0. The van der Waals surface area contributed by atoms with Gasteiger partial charge in [0.25, 0.3) is 0 Å². The first-order valence-electron chi connectivity index (χ1n) is 8.29. The normalized spacial score (nSPS) is 26.4. The topological polar surface area (TPSA) is 3.24 Å². The van der Waals surface area contributed by atoms with Gasteiger partial charge in [-0.1, -0.05) is 51.1 Å². The van der Waals surface area contributed by atoms with Crippen molar-refractivity contribution in [2.24, 2.45) is 11.3 Å². The Morgan fingerprint density at radius 2 is 1.85 bits per heavy atom. The van der Waals surface area contributed by atoms with E-state index in [1.165, 1.54) is 44.2 Å². The molecule has 1 heteroatoms. The number of nitrogens with zero attached hydrogens (tertiary/aromatic N) is 1. The molecule has 1 spiro atoms. The molecule has 0 radical (unpaired) electrons. The summed E-state index contributed by atoms with van der Waals surface area (Å²) >= 11 is 0. The van der Waals surface area contributed by atoms with Gasteiger partial charge in [-0.25, -0.2) is 0 Å². The zero-order chi connectivity index (χ0) is 14.2. The molecule has 2 aliphatic rings. The number of benzene rings is 1. The van der Waals surface area contributed by atoms with Gasteiger partial charge >= 0.3 is 0 Å². The average Bonchev–Trinajstić information content (AvgIpc) is 2.37. The highest BCUT2D eigenvalue weighted by Crippen LogP contribution is 2.50. The quantitative estimate of drug-likeness (QED) is 0.742. The molecule has 110 valence electrons. The smallest absolute Gasteiger partial charge is 0.0239 e. The summed E-state index contributed by atoms with van der Waals surface area (Å²) in [5.74, 6) is 0.898. The van der Waals surface area contributed by atoms with Gasteiger partial charge in [0.2, 0.25) is 0 Å². The van der Waals surface area contributed by atoms with Gasteiger partial charge in [0.15, 0.2) is 0 Å². The highest BCUT2D eigenvalue weighted by atomic mass is 15.2. The summed E-state index contributed by atoms with van der Waals surface area (Å²) in [6.07, 6.45) is 7.07. The van der Waals surface area contributed by atoms with Crippen molar-refractivity contribution in [2.75, 3.05) is 6.54 Å². The minimum atomic E-state index is 0.474. The van der Waals surface area contributed by atoms with Gasteiger partial charge in [-0.05, 0) is 55.5 Å².